The molecule has 1 amide bonds. The number of aromatic nitrogens is 1. The first kappa shape index (κ1) is 15.8. The van der Waals surface area contributed by atoms with Gasteiger partial charge < -0.3 is 10.2 Å². The van der Waals surface area contributed by atoms with Gasteiger partial charge in [-0.25, -0.2) is 4.98 Å². The van der Waals surface area contributed by atoms with Gasteiger partial charge in [-0.1, -0.05) is 6.92 Å². The minimum atomic E-state index is 0.118. The van der Waals surface area contributed by atoms with Crippen LogP contribution in [0.5, 0.6) is 0 Å². The summed E-state index contributed by atoms with van der Waals surface area (Å²) >= 11 is 0. The third-order valence-corrected chi connectivity index (χ3v) is 4.08. The maximum Gasteiger partial charge on any atom is 0.254 e. The number of nitrogens with one attached hydrogen (secondary N) is 1. The predicted molar refractivity (Wildman–Crippen MR) is 85.8 cm³/mol. The van der Waals surface area contributed by atoms with E-state index < -0.39 is 0 Å². The highest BCUT2D eigenvalue weighted by Gasteiger charge is 2.23. The number of carbonyl (C=O) groups is 1. The summed E-state index contributed by atoms with van der Waals surface area (Å²) in [6.45, 7) is 9.96. The van der Waals surface area contributed by atoms with Crippen LogP contribution in [0.3, 0.4) is 0 Å². The van der Waals surface area contributed by atoms with Gasteiger partial charge in [0, 0.05) is 50.5 Å². The SMILES string of the molecule is CCc1cc(C(=O)N2CCN(C(C)C)CC2)cc(NC)n1. The standard InChI is InChI=1S/C16H26N4O/c1-5-14-10-13(11-15(17-4)18-14)16(21)20-8-6-19(7-9-20)12(2)3/h10-12H,5-9H2,1-4H3,(H,17,18). The Morgan fingerprint density at radius 1 is 1.29 bits per heavy atom. The van der Waals surface area contributed by atoms with Crippen LogP contribution in [-0.2, 0) is 6.42 Å². The van der Waals surface area contributed by atoms with Crippen LogP contribution in [0, 0.1) is 0 Å². The van der Waals surface area contributed by atoms with Crippen molar-refractivity contribution in [2.24, 2.45) is 0 Å². The van der Waals surface area contributed by atoms with Crippen LogP contribution in [0.15, 0.2) is 12.1 Å². The van der Waals surface area contributed by atoms with E-state index in [1.54, 1.807) is 0 Å². The lowest BCUT2D eigenvalue weighted by atomic mass is 10.1. The highest BCUT2D eigenvalue weighted by Crippen LogP contribution is 2.15. The lowest BCUT2D eigenvalue weighted by Gasteiger charge is -2.37. The number of amides is 1. The van der Waals surface area contributed by atoms with Crippen molar-refractivity contribution >= 4 is 11.7 Å². The molecule has 0 saturated carbocycles. The number of hydrogen-bond acceptors (Lipinski definition) is 4. The molecule has 5 nitrogen and oxygen atoms in total. The Labute approximate surface area is 127 Å². The maximum absolute atomic E-state index is 12.7. The van der Waals surface area contributed by atoms with Crippen LogP contribution in [0.4, 0.5) is 5.82 Å². The lowest BCUT2D eigenvalue weighted by Crippen LogP contribution is -2.50. The molecule has 1 N–H and O–H groups in total. The molecule has 1 aromatic rings. The van der Waals surface area contributed by atoms with Crippen LogP contribution in [0.1, 0.15) is 36.8 Å². The summed E-state index contributed by atoms with van der Waals surface area (Å²) in [5, 5.41) is 3.03. The first-order valence-corrected chi connectivity index (χ1v) is 7.77. The van der Waals surface area contributed by atoms with Crippen LogP contribution in [-0.4, -0.2) is 60.0 Å². The van der Waals surface area contributed by atoms with E-state index in [1.807, 2.05) is 24.1 Å². The molecular weight excluding hydrogens is 264 g/mol. The Balaban J connectivity index is 2.10. The van der Waals surface area contributed by atoms with Gasteiger partial charge in [0.05, 0.1) is 0 Å². The first-order valence-electron chi connectivity index (χ1n) is 7.77. The van der Waals surface area contributed by atoms with Crippen LogP contribution in [0.25, 0.3) is 0 Å². The summed E-state index contributed by atoms with van der Waals surface area (Å²) in [5.74, 6) is 0.880. The van der Waals surface area contributed by atoms with Crippen molar-refractivity contribution in [2.75, 3.05) is 38.5 Å². The first-order chi connectivity index (χ1) is 10.0. The van der Waals surface area contributed by atoms with Crippen molar-refractivity contribution in [3.05, 3.63) is 23.4 Å². The molecular formula is C16H26N4O. The fraction of sp³-hybridized carbons (Fsp3) is 0.625. The third-order valence-electron chi connectivity index (χ3n) is 4.08. The zero-order valence-electron chi connectivity index (χ0n) is 13.5. The molecule has 1 aromatic heterocycles. The zero-order chi connectivity index (χ0) is 15.4. The van der Waals surface area contributed by atoms with E-state index in [0.29, 0.717) is 6.04 Å². The average Bonchev–Trinajstić information content (AvgIpc) is 2.53. The minimum absolute atomic E-state index is 0.118. The number of nitrogens with zero attached hydrogens (tertiary/aromatic N) is 3. The van der Waals surface area contributed by atoms with Gasteiger partial charge in [-0.2, -0.15) is 0 Å². The largest absolute Gasteiger partial charge is 0.373 e. The van der Waals surface area contributed by atoms with Gasteiger partial charge in [-0.3, -0.25) is 9.69 Å². The van der Waals surface area contributed by atoms with Crippen molar-refractivity contribution in [3.8, 4) is 0 Å². The van der Waals surface area contributed by atoms with E-state index in [9.17, 15) is 4.79 Å². The third kappa shape index (κ3) is 3.73. The van der Waals surface area contributed by atoms with Gasteiger partial charge in [0.1, 0.15) is 5.82 Å². The Hall–Kier alpha value is -1.62. The van der Waals surface area contributed by atoms with E-state index in [2.05, 4.69) is 36.0 Å². The fourth-order valence-electron chi connectivity index (χ4n) is 2.64. The molecule has 2 heterocycles. The smallest absolute Gasteiger partial charge is 0.254 e. The maximum atomic E-state index is 12.7. The Kier molecular flexibility index (Phi) is 5.17. The fourth-order valence-corrected chi connectivity index (χ4v) is 2.64. The molecule has 2 rings (SSSR count). The Bertz CT molecular complexity index is 471. The summed E-state index contributed by atoms with van der Waals surface area (Å²) in [4.78, 5) is 21.5. The normalized spacial score (nSPS) is 16.3. The van der Waals surface area contributed by atoms with Crippen molar-refractivity contribution < 1.29 is 4.79 Å². The second kappa shape index (κ2) is 6.89. The minimum Gasteiger partial charge on any atom is -0.373 e. The lowest BCUT2D eigenvalue weighted by molar-refractivity contribution is 0.0595. The monoisotopic (exact) mass is 290 g/mol. The number of piperazine rings is 1. The highest BCUT2D eigenvalue weighted by atomic mass is 16.2. The number of hydrogen-bond donors (Lipinski definition) is 1. The Morgan fingerprint density at radius 3 is 2.48 bits per heavy atom. The van der Waals surface area contributed by atoms with Gasteiger partial charge in [-0.05, 0) is 32.4 Å². The second-order valence-electron chi connectivity index (χ2n) is 5.76. The summed E-state index contributed by atoms with van der Waals surface area (Å²) in [6, 6.07) is 4.31. The molecule has 0 aromatic carbocycles. The molecule has 0 spiro atoms. The molecule has 0 atom stereocenters. The van der Waals surface area contributed by atoms with Crippen LogP contribution >= 0.6 is 0 Å². The summed E-state index contributed by atoms with van der Waals surface area (Å²) in [6.07, 6.45) is 0.830. The van der Waals surface area contributed by atoms with Crippen LogP contribution < -0.4 is 5.32 Å². The summed E-state index contributed by atoms with van der Waals surface area (Å²) in [5.41, 5.74) is 1.69. The molecule has 1 saturated heterocycles. The quantitative estimate of drug-likeness (QED) is 0.919. The molecule has 0 unspecified atom stereocenters. The number of rotatable bonds is 4. The van der Waals surface area contributed by atoms with Crippen molar-refractivity contribution in [3.63, 3.8) is 0 Å². The number of carbonyl (C=O) groups excluding carboxylic acids is 1. The molecule has 1 aliphatic rings. The van der Waals surface area contributed by atoms with E-state index in [1.165, 1.54) is 0 Å². The summed E-state index contributed by atoms with van der Waals surface area (Å²) < 4.78 is 0. The average molecular weight is 290 g/mol. The Morgan fingerprint density at radius 2 is 1.95 bits per heavy atom. The predicted octanol–water partition coefficient (Wildman–Crippen LogP) is 1.85. The van der Waals surface area contributed by atoms with E-state index in [0.717, 1.165) is 49.7 Å². The summed E-state index contributed by atoms with van der Waals surface area (Å²) in [7, 11) is 1.83. The van der Waals surface area contributed by atoms with Crippen molar-refractivity contribution in [2.45, 2.75) is 33.2 Å². The molecule has 1 fully saturated rings. The van der Waals surface area contributed by atoms with Gasteiger partial charge in [0.2, 0.25) is 0 Å². The topological polar surface area (TPSA) is 48.5 Å². The molecule has 21 heavy (non-hydrogen) atoms. The van der Waals surface area contributed by atoms with E-state index in [4.69, 9.17) is 0 Å². The van der Waals surface area contributed by atoms with Crippen LogP contribution in [0.2, 0.25) is 0 Å². The highest BCUT2D eigenvalue weighted by molar-refractivity contribution is 5.95. The molecule has 5 heteroatoms. The second-order valence-corrected chi connectivity index (χ2v) is 5.76. The van der Waals surface area contributed by atoms with Gasteiger partial charge in [-0.15, -0.1) is 0 Å². The molecule has 0 radical (unpaired) electrons. The number of pyridine rings is 1. The molecule has 0 aliphatic carbocycles. The molecule has 0 bridgehead atoms. The van der Waals surface area contributed by atoms with Crippen molar-refractivity contribution in [1.29, 1.82) is 0 Å². The van der Waals surface area contributed by atoms with E-state index in [-0.39, 0.29) is 5.91 Å². The molecule has 116 valence electrons. The number of aryl methyl sites for hydroxylation is 1. The molecule has 1 aliphatic heterocycles. The van der Waals surface area contributed by atoms with Crippen molar-refractivity contribution in [1.82, 2.24) is 14.8 Å². The number of anilines is 1. The van der Waals surface area contributed by atoms with Gasteiger partial charge in [0.25, 0.3) is 5.91 Å². The van der Waals surface area contributed by atoms with Gasteiger partial charge >= 0.3 is 0 Å². The van der Waals surface area contributed by atoms with E-state index >= 15 is 0 Å². The van der Waals surface area contributed by atoms with Gasteiger partial charge in [0.15, 0.2) is 0 Å². The zero-order valence-corrected chi connectivity index (χ0v) is 13.5.